The van der Waals surface area contributed by atoms with Crippen molar-refractivity contribution in [1.82, 2.24) is 0 Å². The summed E-state index contributed by atoms with van der Waals surface area (Å²) in [6, 6.07) is 2.31. The molecular weight excluding hydrogens is 193 g/mol. The molecule has 0 amide bonds. The average molecular weight is 204 g/mol. The number of aliphatic hydroxyl groups excluding tert-OH is 1. The van der Waals surface area contributed by atoms with Crippen LogP contribution in [0.1, 0.15) is 36.1 Å². The van der Waals surface area contributed by atoms with Gasteiger partial charge in [-0.1, -0.05) is 6.07 Å². The van der Waals surface area contributed by atoms with E-state index >= 15 is 0 Å². The topological polar surface area (TPSA) is 20.2 Å². The lowest BCUT2D eigenvalue weighted by Crippen LogP contribution is -2.00. The van der Waals surface area contributed by atoms with Gasteiger partial charge in [0.15, 0.2) is 0 Å². The number of aryl methyl sites for hydroxylation is 1. The molecule has 0 saturated heterocycles. The molecule has 4 heteroatoms. The highest BCUT2D eigenvalue weighted by Crippen LogP contribution is 2.28. The molecule has 1 nitrogen and oxygen atoms in total. The molecule has 0 spiro atoms. The lowest BCUT2D eigenvalue weighted by molar-refractivity contribution is 0.145. The predicted octanol–water partition coefficient (Wildman–Crippen LogP) is 3.13. The van der Waals surface area contributed by atoms with Gasteiger partial charge in [0.25, 0.3) is 6.43 Å². The molecule has 0 aliphatic carbocycles. The summed E-state index contributed by atoms with van der Waals surface area (Å²) in [5.41, 5.74) is -0.116. The van der Waals surface area contributed by atoms with E-state index in [2.05, 4.69) is 0 Å². The summed E-state index contributed by atoms with van der Waals surface area (Å²) in [5, 5.41) is 9.15. The third-order valence-electron chi connectivity index (χ3n) is 2.06. The van der Waals surface area contributed by atoms with Gasteiger partial charge in [0.2, 0.25) is 0 Å². The van der Waals surface area contributed by atoms with Crippen molar-refractivity contribution >= 4 is 0 Å². The Bertz CT molecular complexity index is 311. The third kappa shape index (κ3) is 2.07. The summed E-state index contributed by atoms with van der Waals surface area (Å²) in [5.74, 6) is -0.962. The van der Waals surface area contributed by atoms with Crippen molar-refractivity contribution in [2.45, 2.75) is 26.4 Å². The molecule has 1 aromatic rings. The Morgan fingerprint density at radius 1 is 1.29 bits per heavy atom. The Kier molecular flexibility index (Phi) is 3.16. The zero-order chi connectivity index (χ0) is 10.9. The smallest absolute Gasteiger partial charge is 0.266 e. The lowest BCUT2D eigenvalue weighted by Gasteiger charge is -2.11. The van der Waals surface area contributed by atoms with Gasteiger partial charge in [-0.3, -0.25) is 0 Å². The van der Waals surface area contributed by atoms with Crippen LogP contribution in [0.3, 0.4) is 0 Å². The van der Waals surface area contributed by atoms with Crippen LogP contribution in [0.15, 0.2) is 12.1 Å². The molecule has 0 bridgehead atoms. The van der Waals surface area contributed by atoms with Gasteiger partial charge in [-0.15, -0.1) is 0 Å². The Labute approximate surface area is 80.2 Å². The summed E-state index contributed by atoms with van der Waals surface area (Å²) in [4.78, 5) is 0. The number of hydrogen-bond acceptors (Lipinski definition) is 1. The molecule has 0 saturated carbocycles. The largest absolute Gasteiger partial charge is 0.389 e. The van der Waals surface area contributed by atoms with Gasteiger partial charge >= 0.3 is 0 Å². The zero-order valence-electron chi connectivity index (χ0n) is 7.89. The van der Waals surface area contributed by atoms with Gasteiger partial charge in [0, 0.05) is 0 Å². The van der Waals surface area contributed by atoms with Crippen molar-refractivity contribution in [3.63, 3.8) is 0 Å². The monoisotopic (exact) mass is 204 g/mol. The highest BCUT2D eigenvalue weighted by molar-refractivity contribution is 5.34. The second kappa shape index (κ2) is 4.00. The van der Waals surface area contributed by atoms with E-state index in [1.165, 1.54) is 19.9 Å². The normalized spacial score (nSPS) is 13.4. The molecule has 1 rings (SSSR count). The van der Waals surface area contributed by atoms with E-state index in [1.54, 1.807) is 0 Å². The van der Waals surface area contributed by atoms with Gasteiger partial charge in [-0.25, -0.2) is 13.2 Å². The number of rotatable bonds is 2. The Morgan fingerprint density at radius 2 is 1.86 bits per heavy atom. The maximum absolute atomic E-state index is 13.1. The van der Waals surface area contributed by atoms with Crippen molar-refractivity contribution in [2.24, 2.45) is 0 Å². The van der Waals surface area contributed by atoms with Crippen LogP contribution >= 0.6 is 0 Å². The van der Waals surface area contributed by atoms with Crippen LogP contribution in [0, 0.1) is 12.7 Å². The standard InChI is InChI=1S/C10H11F3O/c1-5-3-7(6(2)14)4-8(11)9(5)10(12)13/h3-4,6,10,14H,1-2H3. The Hall–Kier alpha value is -1.03. The van der Waals surface area contributed by atoms with Crippen molar-refractivity contribution in [3.05, 3.63) is 34.6 Å². The fraction of sp³-hybridized carbons (Fsp3) is 0.400. The number of hydrogen-bond donors (Lipinski definition) is 1. The van der Waals surface area contributed by atoms with Crippen LogP contribution in [-0.2, 0) is 0 Å². The van der Waals surface area contributed by atoms with Gasteiger partial charge in [0.05, 0.1) is 11.7 Å². The number of benzene rings is 1. The zero-order valence-corrected chi connectivity index (χ0v) is 7.89. The molecule has 14 heavy (non-hydrogen) atoms. The molecule has 1 atom stereocenters. The molecule has 1 N–H and O–H groups in total. The van der Waals surface area contributed by atoms with Crippen molar-refractivity contribution in [2.75, 3.05) is 0 Å². The Morgan fingerprint density at radius 3 is 2.21 bits per heavy atom. The summed E-state index contributed by atoms with van der Waals surface area (Å²) < 4.78 is 37.8. The number of halogens is 3. The fourth-order valence-electron chi connectivity index (χ4n) is 1.30. The summed E-state index contributed by atoms with van der Waals surface area (Å²) in [7, 11) is 0. The maximum atomic E-state index is 13.1. The number of alkyl halides is 2. The van der Waals surface area contributed by atoms with Crippen LogP contribution in [0.4, 0.5) is 13.2 Å². The molecule has 0 radical (unpaired) electrons. The molecule has 78 valence electrons. The van der Waals surface area contributed by atoms with Crippen molar-refractivity contribution in [3.8, 4) is 0 Å². The molecule has 0 aliphatic heterocycles. The summed E-state index contributed by atoms with van der Waals surface area (Å²) >= 11 is 0. The van der Waals surface area contributed by atoms with Crippen LogP contribution in [0.5, 0.6) is 0 Å². The summed E-state index contributed by atoms with van der Waals surface area (Å²) in [6.45, 7) is 2.85. The van der Waals surface area contributed by atoms with Gasteiger partial charge < -0.3 is 5.11 Å². The van der Waals surface area contributed by atoms with Crippen LogP contribution < -0.4 is 0 Å². The molecule has 0 heterocycles. The first-order valence-corrected chi connectivity index (χ1v) is 4.19. The van der Waals surface area contributed by atoms with E-state index in [-0.39, 0.29) is 5.56 Å². The van der Waals surface area contributed by atoms with E-state index in [0.717, 1.165) is 6.07 Å². The predicted molar refractivity (Wildman–Crippen MR) is 46.7 cm³/mol. The first-order chi connectivity index (χ1) is 6.43. The summed E-state index contributed by atoms with van der Waals surface area (Å²) in [6.07, 6.45) is -3.67. The minimum Gasteiger partial charge on any atom is -0.389 e. The molecular formula is C10H11F3O. The molecule has 1 unspecified atom stereocenters. The third-order valence-corrected chi connectivity index (χ3v) is 2.06. The van der Waals surface area contributed by atoms with Crippen LogP contribution in [-0.4, -0.2) is 5.11 Å². The van der Waals surface area contributed by atoms with E-state index in [0.29, 0.717) is 5.56 Å². The SMILES string of the molecule is Cc1cc(C(C)O)cc(F)c1C(F)F. The number of aliphatic hydroxyl groups is 1. The highest BCUT2D eigenvalue weighted by atomic mass is 19.3. The second-order valence-electron chi connectivity index (χ2n) is 3.21. The maximum Gasteiger partial charge on any atom is 0.266 e. The minimum atomic E-state index is -2.82. The lowest BCUT2D eigenvalue weighted by atomic mass is 10.0. The average Bonchev–Trinajstić information content (AvgIpc) is 2.01. The van der Waals surface area contributed by atoms with E-state index in [1.807, 2.05) is 0 Å². The molecule has 1 aromatic carbocycles. The van der Waals surface area contributed by atoms with Gasteiger partial charge in [-0.2, -0.15) is 0 Å². The van der Waals surface area contributed by atoms with Gasteiger partial charge in [-0.05, 0) is 31.0 Å². The first-order valence-electron chi connectivity index (χ1n) is 4.19. The quantitative estimate of drug-likeness (QED) is 0.784. The first kappa shape index (κ1) is 11.0. The van der Waals surface area contributed by atoms with Crippen LogP contribution in [0.25, 0.3) is 0 Å². The molecule has 0 aliphatic rings. The van der Waals surface area contributed by atoms with E-state index in [9.17, 15) is 13.2 Å². The van der Waals surface area contributed by atoms with E-state index in [4.69, 9.17) is 5.11 Å². The fourth-order valence-corrected chi connectivity index (χ4v) is 1.30. The van der Waals surface area contributed by atoms with Crippen LogP contribution in [0.2, 0.25) is 0 Å². The van der Waals surface area contributed by atoms with E-state index < -0.39 is 23.9 Å². The van der Waals surface area contributed by atoms with Gasteiger partial charge in [0.1, 0.15) is 5.82 Å². The van der Waals surface area contributed by atoms with Crippen molar-refractivity contribution < 1.29 is 18.3 Å². The second-order valence-corrected chi connectivity index (χ2v) is 3.21. The minimum absolute atomic E-state index is 0.163. The molecule has 0 aromatic heterocycles. The molecule has 0 fully saturated rings. The highest BCUT2D eigenvalue weighted by Gasteiger charge is 2.18. The Balaban J connectivity index is 3.25. The van der Waals surface area contributed by atoms with Crippen molar-refractivity contribution in [1.29, 1.82) is 0 Å².